The number of carbonyl (C=O) groups excluding carboxylic acids is 2. The summed E-state index contributed by atoms with van der Waals surface area (Å²) in [6.07, 6.45) is 1.70. The van der Waals surface area contributed by atoms with E-state index in [1.165, 1.54) is 0 Å². The first-order valence-corrected chi connectivity index (χ1v) is 11.1. The number of β-lactam (4-membered cyclic amide) rings is 1. The number of ether oxygens (including phenoxy) is 1. The average molecular weight is 422 g/mol. The van der Waals surface area contributed by atoms with Crippen LogP contribution >= 0.6 is 0 Å². The van der Waals surface area contributed by atoms with E-state index < -0.39 is 12.1 Å². The first-order chi connectivity index (χ1) is 15.0. The van der Waals surface area contributed by atoms with Crippen molar-refractivity contribution in [2.45, 2.75) is 70.9 Å². The molecule has 2 heterocycles. The summed E-state index contributed by atoms with van der Waals surface area (Å²) < 4.78 is 5.62. The van der Waals surface area contributed by atoms with Gasteiger partial charge in [0.1, 0.15) is 12.6 Å². The van der Waals surface area contributed by atoms with Gasteiger partial charge in [-0.2, -0.15) is 0 Å². The van der Waals surface area contributed by atoms with Gasteiger partial charge in [-0.05, 0) is 44.7 Å². The fourth-order valence-electron chi connectivity index (χ4n) is 4.78. The summed E-state index contributed by atoms with van der Waals surface area (Å²) in [5.41, 5.74) is 1.89. The van der Waals surface area contributed by atoms with Gasteiger partial charge < -0.3 is 4.74 Å². The van der Waals surface area contributed by atoms with Gasteiger partial charge in [-0.15, -0.1) is 0 Å². The largest absolute Gasteiger partial charge is 0.445 e. The van der Waals surface area contributed by atoms with Crippen LogP contribution in [0.5, 0.6) is 0 Å². The van der Waals surface area contributed by atoms with Gasteiger partial charge >= 0.3 is 6.09 Å². The molecule has 2 fully saturated rings. The summed E-state index contributed by atoms with van der Waals surface area (Å²) in [6.45, 7) is 6.87. The second kappa shape index (κ2) is 9.10. The van der Waals surface area contributed by atoms with Gasteiger partial charge in [0.05, 0.1) is 6.04 Å². The molecule has 2 saturated heterocycles. The molecular formula is C25H31N3O3. The SMILES string of the molecule is C[C@@H]1[C@@H](N(Cc2ccccc2)C(=O)OCc2ccccc2)C(=O)N1N1[C@H](C)CC[C@H]1C. The highest BCUT2D eigenvalue weighted by atomic mass is 16.6. The standard InChI is InChI=1S/C25H31N3O3/c1-18-14-15-19(2)27(18)28-20(3)23(24(28)29)26(16-21-10-6-4-7-11-21)25(30)31-17-22-12-8-5-9-13-22/h4-13,18-20,23H,14-17H2,1-3H3/t18-,19-,20-,23-/m1/s1. The number of amides is 2. The highest BCUT2D eigenvalue weighted by Gasteiger charge is 2.54. The Kier molecular flexibility index (Phi) is 6.28. The zero-order valence-corrected chi connectivity index (χ0v) is 18.5. The molecule has 31 heavy (non-hydrogen) atoms. The lowest BCUT2D eigenvalue weighted by molar-refractivity contribution is -0.198. The second-order valence-corrected chi connectivity index (χ2v) is 8.68. The molecule has 2 amide bonds. The smallest absolute Gasteiger partial charge is 0.411 e. The fraction of sp³-hybridized carbons (Fsp3) is 0.440. The van der Waals surface area contributed by atoms with Gasteiger partial charge in [0, 0.05) is 18.6 Å². The van der Waals surface area contributed by atoms with Gasteiger partial charge in [0.15, 0.2) is 0 Å². The van der Waals surface area contributed by atoms with Crippen LogP contribution < -0.4 is 0 Å². The molecule has 6 heteroatoms. The Morgan fingerprint density at radius 2 is 1.48 bits per heavy atom. The van der Waals surface area contributed by atoms with Gasteiger partial charge in [0.25, 0.3) is 5.91 Å². The van der Waals surface area contributed by atoms with Gasteiger partial charge in [-0.1, -0.05) is 60.7 Å². The van der Waals surface area contributed by atoms with Crippen LogP contribution in [0, 0.1) is 0 Å². The maximum atomic E-state index is 13.3. The summed E-state index contributed by atoms with van der Waals surface area (Å²) in [5.74, 6) is -0.0271. The first kappa shape index (κ1) is 21.4. The third kappa shape index (κ3) is 4.30. The minimum absolute atomic E-state index is 0.0271. The molecule has 164 valence electrons. The Morgan fingerprint density at radius 1 is 0.935 bits per heavy atom. The molecular weight excluding hydrogens is 390 g/mol. The van der Waals surface area contributed by atoms with E-state index in [2.05, 4.69) is 18.9 Å². The van der Waals surface area contributed by atoms with Crippen molar-refractivity contribution in [3.8, 4) is 0 Å². The van der Waals surface area contributed by atoms with Crippen molar-refractivity contribution in [1.29, 1.82) is 0 Å². The predicted octanol–water partition coefficient (Wildman–Crippen LogP) is 4.21. The van der Waals surface area contributed by atoms with Crippen LogP contribution in [0.25, 0.3) is 0 Å². The van der Waals surface area contributed by atoms with Crippen LogP contribution in [0.4, 0.5) is 4.79 Å². The van der Waals surface area contributed by atoms with Crippen LogP contribution in [0.1, 0.15) is 44.7 Å². The molecule has 0 spiro atoms. The molecule has 2 aliphatic heterocycles. The minimum Gasteiger partial charge on any atom is -0.445 e. The summed E-state index contributed by atoms with van der Waals surface area (Å²) in [5, 5.41) is 4.05. The zero-order chi connectivity index (χ0) is 22.0. The zero-order valence-electron chi connectivity index (χ0n) is 18.5. The van der Waals surface area contributed by atoms with Crippen LogP contribution in [0.3, 0.4) is 0 Å². The van der Waals surface area contributed by atoms with Crippen molar-refractivity contribution in [2.75, 3.05) is 0 Å². The molecule has 2 aromatic carbocycles. The lowest BCUT2D eigenvalue weighted by Gasteiger charge is -2.54. The molecule has 0 aliphatic carbocycles. The Balaban J connectivity index is 1.51. The van der Waals surface area contributed by atoms with Crippen molar-refractivity contribution >= 4 is 12.0 Å². The van der Waals surface area contributed by atoms with E-state index in [1.54, 1.807) is 4.90 Å². The number of rotatable bonds is 6. The molecule has 0 radical (unpaired) electrons. The van der Waals surface area contributed by atoms with E-state index in [0.717, 1.165) is 24.0 Å². The van der Waals surface area contributed by atoms with E-state index in [0.29, 0.717) is 18.6 Å². The first-order valence-electron chi connectivity index (χ1n) is 11.1. The molecule has 0 bridgehead atoms. The molecule has 0 saturated carbocycles. The van der Waals surface area contributed by atoms with E-state index in [9.17, 15) is 9.59 Å². The molecule has 4 rings (SSSR count). The van der Waals surface area contributed by atoms with Crippen LogP contribution in [0.15, 0.2) is 60.7 Å². The molecule has 0 unspecified atom stereocenters. The highest BCUT2D eigenvalue weighted by molar-refractivity contribution is 5.92. The third-order valence-electron chi connectivity index (χ3n) is 6.45. The fourth-order valence-corrected chi connectivity index (χ4v) is 4.78. The molecule has 6 nitrogen and oxygen atoms in total. The van der Waals surface area contributed by atoms with E-state index >= 15 is 0 Å². The van der Waals surface area contributed by atoms with E-state index in [-0.39, 0.29) is 18.6 Å². The maximum absolute atomic E-state index is 13.3. The normalized spacial score (nSPS) is 25.9. The molecule has 4 atom stereocenters. The average Bonchev–Trinajstić information content (AvgIpc) is 3.11. The summed E-state index contributed by atoms with van der Waals surface area (Å²) >= 11 is 0. The lowest BCUT2D eigenvalue weighted by atomic mass is 9.96. The molecule has 2 aliphatic rings. The monoisotopic (exact) mass is 421 g/mol. The van der Waals surface area contributed by atoms with Gasteiger partial charge in [0.2, 0.25) is 0 Å². The third-order valence-corrected chi connectivity index (χ3v) is 6.45. The molecule has 0 aromatic heterocycles. The summed E-state index contributed by atoms with van der Waals surface area (Å²) in [4.78, 5) is 28.0. The number of carbonyl (C=O) groups is 2. The topological polar surface area (TPSA) is 53.1 Å². The Morgan fingerprint density at radius 3 is 2.03 bits per heavy atom. The predicted molar refractivity (Wildman–Crippen MR) is 119 cm³/mol. The van der Waals surface area contributed by atoms with E-state index in [1.807, 2.05) is 72.6 Å². The minimum atomic E-state index is -0.525. The Hall–Kier alpha value is -2.86. The summed E-state index contributed by atoms with van der Waals surface area (Å²) in [6, 6.07) is 19.4. The van der Waals surface area contributed by atoms with Crippen LogP contribution in [-0.2, 0) is 22.7 Å². The lowest BCUT2D eigenvalue weighted by Crippen LogP contribution is -2.75. The van der Waals surface area contributed by atoms with Crippen LogP contribution in [-0.4, -0.2) is 51.1 Å². The number of hydrazine groups is 1. The van der Waals surface area contributed by atoms with Gasteiger partial charge in [-0.25, -0.2) is 9.80 Å². The van der Waals surface area contributed by atoms with E-state index in [4.69, 9.17) is 4.74 Å². The van der Waals surface area contributed by atoms with Crippen LogP contribution in [0.2, 0.25) is 0 Å². The molecule has 2 aromatic rings. The van der Waals surface area contributed by atoms with Crippen molar-refractivity contribution in [3.05, 3.63) is 71.8 Å². The maximum Gasteiger partial charge on any atom is 0.411 e. The number of hydrogen-bond acceptors (Lipinski definition) is 4. The summed E-state index contributed by atoms with van der Waals surface area (Å²) in [7, 11) is 0. The van der Waals surface area contributed by atoms with Gasteiger partial charge in [-0.3, -0.25) is 14.7 Å². The number of benzene rings is 2. The highest BCUT2D eigenvalue weighted by Crippen LogP contribution is 2.35. The Labute approximate surface area is 184 Å². The molecule has 0 N–H and O–H groups in total. The van der Waals surface area contributed by atoms with Crippen molar-refractivity contribution in [2.24, 2.45) is 0 Å². The second-order valence-electron chi connectivity index (χ2n) is 8.68. The Bertz CT molecular complexity index is 895. The van der Waals surface area contributed by atoms with Crippen molar-refractivity contribution in [3.63, 3.8) is 0 Å². The number of nitrogens with zero attached hydrogens (tertiary/aromatic N) is 3. The quantitative estimate of drug-likeness (QED) is 0.656. The van der Waals surface area contributed by atoms with Crippen molar-refractivity contribution < 1.29 is 14.3 Å². The number of hydrogen-bond donors (Lipinski definition) is 0. The van der Waals surface area contributed by atoms with Crippen molar-refractivity contribution in [1.82, 2.24) is 14.9 Å².